The van der Waals surface area contributed by atoms with E-state index >= 15 is 0 Å². The molecule has 2 fully saturated rings. The van der Waals surface area contributed by atoms with Crippen molar-refractivity contribution in [3.63, 3.8) is 0 Å². The Hall–Kier alpha value is -0.360. The Morgan fingerprint density at radius 3 is 2.72 bits per heavy atom. The zero-order chi connectivity index (χ0) is 11.9. The third-order valence-corrected chi connectivity index (χ3v) is 3.34. The highest BCUT2D eigenvalue weighted by atomic mass is 35.5. The van der Waals surface area contributed by atoms with E-state index in [0.29, 0.717) is 38.7 Å². The van der Waals surface area contributed by atoms with Crippen molar-refractivity contribution in [3.8, 4) is 0 Å². The topological polar surface area (TPSA) is 59.6 Å². The number of carbonyl (C=O) groups is 1. The summed E-state index contributed by atoms with van der Waals surface area (Å²) in [6.07, 6.45) is 2.89. The molecule has 2 heterocycles. The Morgan fingerprint density at radius 1 is 1.28 bits per heavy atom. The van der Waals surface area contributed by atoms with E-state index in [0.717, 1.165) is 25.9 Å². The summed E-state index contributed by atoms with van der Waals surface area (Å²) < 4.78 is 10.7. The molecule has 18 heavy (non-hydrogen) atoms. The van der Waals surface area contributed by atoms with Crippen LogP contribution in [0.3, 0.4) is 0 Å². The largest absolute Gasteiger partial charge is 0.376 e. The molecule has 2 aliphatic rings. The maximum Gasteiger partial charge on any atom is 0.220 e. The molecule has 2 saturated heterocycles. The number of carbonyl (C=O) groups excluding carboxylic acids is 1. The summed E-state index contributed by atoms with van der Waals surface area (Å²) in [5.74, 6) is 0.686. The molecule has 1 atom stereocenters. The molecular formula is C12H23ClN2O3. The van der Waals surface area contributed by atoms with E-state index in [-0.39, 0.29) is 24.4 Å². The second kappa shape index (κ2) is 8.69. The first kappa shape index (κ1) is 15.7. The third kappa shape index (κ3) is 5.52. The molecule has 1 unspecified atom stereocenters. The molecule has 0 bridgehead atoms. The highest BCUT2D eigenvalue weighted by molar-refractivity contribution is 5.85. The Morgan fingerprint density at radius 2 is 2.06 bits per heavy atom. The second-order valence-electron chi connectivity index (χ2n) is 4.77. The van der Waals surface area contributed by atoms with Gasteiger partial charge >= 0.3 is 0 Å². The molecule has 0 radical (unpaired) electrons. The fourth-order valence-corrected chi connectivity index (χ4v) is 2.30. The van der Waals surface area contributed by atoms with Crippen LogP contribution in [0.15, 0.2) is 0 Å². The summed E-state index contributed by atoms with van der Waals surface area (Å²) in [6, 6.07) is 0. The summed E-state index contributed by atoms with van der Waals surface area (Å²) in [5, 5.41) is 6.24. The molecule has 2 aliphatic heterocycles. The van der Waals surface area contributed by atoms with Crippen LogP contribution < -0.4 is 10.6 Å². The van der Waals surface area contributed by atoms with Gasteiger partial charge in [0.2, 0.25) is 5.91 Å². The first-order valence-corrected chi connectivity index (χ1v) is 6.51. The van der Waals surface area contributed by atoms with Crippen molar-refractivity contribution in [1.29, 1.82) is 0 Å². The molecule has 0 aromatic heterocycles. The monoisotopic (exact) mass is 278 g/mol. The van der Waals surface area contributed by atoms with E-state index in [1.807, 2.05) is 0 Å². The van der Waals surface area contributed by atoms with Crippen molar-refractivity contribution in [2.45, 2.75) is 25.4 Å². The molecule has 5 nitrogen and oxygen atoms in total. The van der Waals surface area contributed by atoms with Crippen LogP contribution in [0.1, 0.15) is 19.3 Å². The second-order valence-corrected chi connectivity index (χ2v) is 4.77. The average molecular weight is 279 g/mol. The van der Waals surface area contributed by atoms with E-state index in [4.69, 9.17) is 9.47 Å². The minimum atomic E-state index is 0. The number of amides is 1. The summed E-state index contributed by atoms with van der Waals surface area (Å²) in [5.41, 5.74) is 0. The normalized spacial score (nSPS) is 25.2. The molecule has 106 valence electrons. The van der Waals surface area contributed by atoms with E-state index in [1.165, 1.54) is 0 Å². The number of ether oxygens (including phenoxy) is 2. The summed E-state index contributed by atoms with van der Waals surface area (Å²) in [7, 11) is 0. The van der Waals surface area contributed by atoms with Gasteiger partial charge in [-0.3, -0.25) is 4.79 Å². The molecule has 0 aliphatic carbocycles. The van der Waals surface area contributed by atoms with E-state index in [1.54, 1.807) is 0 Å². The van der Waals surface area contributed by atoms with Gasteiger partial charge in [0.05, 0.1) is 25.9 Å². The predicted octanol–water partition coefficient (Wildman–Crippen LogP) is 0.330. The van der Waals surface area contributed by atoms with Gasteiger partial charge in [0.15, 0.2) is 0 Å². The van der Waals surface area contributed by atoms with Gasteiger partial charge in [0.25, 0.3) is 0 Å². The Balaban J connectivity index is 0.00000162. The molecule has 0 spiro atoms. The van der Waals surface area contributed by atoms with Gasteiger partial charge in [-0.2, -0.15) is 0 Å². The van der Waals surface area contributed by atoms with Crippen LogP contribution in [0.2, 0.25) is 0 Å². The zero-order valence-corrected chi connectivity index (χ0v) is 11.5. The van der Waals surface area contributed by atoms with Gasteiger partial charge < -0.3 is 20.1 Å². The SMILES string of the molecule is Cl.O=C(CC1CCNCC1)NCC1COCCO1. The number of piperidine rings is 1. The maximum absolute atomic E-state index is 11.7. The van der Waals surface area contributed by atoms with Crippen molar-refractivity contribution < 1.29 is 14.3 Å². The van der Waals surface area contributed by atoms with Gasteiger partial charge in [0, 0.05) is 13.0 Å². The van der Waals surface area contributed by atoms with E-state index in [9.17, 15) is 4.79 Å². The van der Waals surface area contributed by atoms with Gasteiger partial charge in [-0.15, -0.1) is 12.4 Å². The highest BCUT2D eigenvalue weighted by Crippen LogP contribution is 2.15. The number of halogens is 1. The standard InChI is InChI=1S/C12H22N2O3.ClH/c15-12(7-10-1-3-13-4-2-10)14-8-11-9-16-5-6-17-11;/h10-11,13H,1-9H2,(H,14,15);1H. The minimum absolute atomic E-state index is 0. The van der Waals surface area contributed by atoms with Crippen LogP contribution >= 0.6 is 12.4 Å². The van der Waals surface area contributed by atoms with E-state index < -0.39 is 0 Å². The molecule has 2 N–H and O–H groups in total. The lowest BCUT2D eigenvalue weighted by Gasteiger charge is -2.24. The maximum atomic E-state index is 11.7. The van der Waals surface area contributed by atoms with Crippen molar-refractivity contribution >= 4 is 18.3 Å². The van der Waals surface area contributed by atoms with Gasteiger partial charge in [-0.1, -0.05) is 0 Å². The van der Waals surface area contributed by atoms with Crippen LogP contribution in [-0.4, -0.2) is 51.5 Å². The van der Waals surface area contributed by atoms with Crippen molar-refractivity contribution in [3.05, 3.63) is 0 Å². The smallest absolute Gasteiger partial charge is 0.220 e. The van der Waals surface area contributed by atoms with Crippen LogP contribution in [0.4, 0.5) is 0 Å². The first-order valence-electron chi connectivity index (χ1n) is 6.51. The van der Waals surface area contributed by atoms with Gasteiger partial charge in [-0.05, 0) is 31.8 Å². The zero-order valence-electron chi connectivity index (χ0n) is 10.7. The molecule has 0 aromatic rings. The minimum Gasteiger partial charge on any atom is -0.376 e. The molecule has 0 aromatic carbocycles. The van der Waals surface area contributed by atoms with E-state index in [2.05, 4.69) is 10.6 Å². The number of nitrogens with one attached hydrogen (secondary N) is 2. The molecule has 0 saturated carbocycles. The lowest BCUT2D eigenvalue weighted by Crippen LogP contribution is -2.40. The Kier molecular flexibility index (Phi) is 7.58. The molecule has 6 heteroatoms. The quantitative estimate of drug-likeness (QED) is 0.778. The van der Waals surface area contributed by atoms with Gasteiger partial charge in [-0.25, -0.2) is 0 Å². The lowest BCUT2D eigenvalue weighted by molar-refractivity contribution is -0.125. The highest BCUT2D eigenvalue weighted by Gasteiger charge is 2.18. The van der Waals surface area contributed by atoms with Crippen LogP contribution in [0, 0.1) is 5.92 Å². The Bertz CT molecular complexity index is 241. The summed E-state index contributed by atoms with van der Waals surface area (Å²) in [6.45, 7) is 4.54. The van der Waals surface area contributed by atoms with Crippen LogP contribution in [-0.2, 0) is 14.3 Å². The lowest BCUT2D eigenvalue weighted by atomic mass is 9.94. The van der Waals surface area contributed by atoms with Crippen LogP contribution in [0.5, 0.6) is 0 Å². The molecule has 2 rings (SSSR count). The third-order valence-electron chi connectivity index (χ3n) is 3.34. The van der Waals surface area contributed by atoms with Gasteiger partial charge in [0.1, 0.15) is 0 Å². The van der Waals surface area contributed by atoms with Crippen LogP contribution in [0.25, 0.3) is 0 Å². The van der Waals surface area contributed by atoms with Crippen molar-refractivity contribution in [2.75, 3.05) is 39.5 Å². The number of hydrogen-bond acceptors (Lipinski definition) is 4. The molecule has 1 amide bonds. The summed E-state index contributed by atoms with van der Waals surface area (Å²) in [4.78, 5) is 11.7. The van der Waals surface area contributed by atoms with Crippen molar-refractivity contribution in [2.24, 2.45) is 5.92 Å². The molecular weight excluding hydrogens is 256 g/mol. The van der Waals surface area contributed by atoms with Crippen molar-refractivity contribution in [1.82, 2.24) is 10.6 Å². The number of rotatable bonds is 4. The first-order chi connectivity index (χ1) is 8.34. The predicted molar refractivity (Wildman–Crippen MR) is 71.0 cm³/mol. The fourth-order valence-electron chi connectivity index (χ4n) is 2.30. The average Bonchev–Trinajstić information content (AvgIpc) is 2.39. The Labute approximate surface area is 114 Å². The number of hydrogen-bond donors (Lipinski definition) is 2. The fraction of sp³-hybridized carbons (Fsp3) is 0.917. The summed E-state index contributed by atoms with van der Waals surface area (Å²) >= 11 is 0.